The van der Waals surface area contributed by atoms with Crippen molar-refractivity contribution in [1.82, 2.24) is 0 Å². The zero-order valence-corrected chi connectivity index (χ0v) is 12.6. The lowest BCUT2D eigenvalue weighted by Crippen LogP contribution is -2.32. The van der Waals surface area contributed by atoms with E-state index in [0.29, 0.717) is 12.5 Å². The number of carbonyl (C=O) groups is 2. The molecule has 3 heteroatoms. The zero-order valence-electron chi connectivity index (χ0n) is 12.6. The van der Waals surface area contributed by atoms with E-state index in [-0.39, 0.29) is 28.5 Å². The average Bonchev–Trinajstić information content (AvgIpc) is 2.64. The highest BCUT2D eigenvalue weighted by molar-refractivity contribution is 6.05. The maximum Gasteiger partial charge on any atom is 0.312 e. The third-order valence-corrected chi connectivity index (χ3v) is 5.45. The van der Waals surface area contributed by atoms with Gasteiger partial charge >= 0.3 is 5.97 Å². The summed E-state index contributed by atoms with van der Waals surface area (Å²) in [4.78, 5) is 24.3. The van der Waals surface area contributed by atoms with Crippen molar-refractivity contribution in [3.8, 4) is 0 Å². The van der Waals surface area contributed by atoms with E-state index >= 15 is 0 Å². The van der Waals surface area contributed by atoms with Crippen LogP contribution in [0.4, 0.5) is 0 Å². The molecule has 106 valence electrons. The smallest absolute Gasteiger partial charge is 0.312 e. The predicted molar refractivity (Wildman–Crippen MR) is 73.5 cm³/mol. The van der Waals surface area contributed by atoms with Crippen LogP contribution in [-0.2, 0) is 14.3 Å². The third-order valence-electron chi connectivity index (χ3n) is 5.45. The minimum atomic E-state index is -0.336. The Balaban J connectivity index is 2.28. The number of hydrogen-bond donors (Lipinski definition) is 0. The van der Waals surface area contributed by atoms with Crippen molar-refractivity contribution >= 4 is 11.8 Å². The first kappa shape index (κ1) is 14.3. The van der Waals surface area contributed by atoms with Gasteiger partial charge in [-0.2, -0.15) is 0 Å². The van der Waals surface area contributed by atoms with Crippen LogP contribution in [0.3, 0.4) is 0 Å². The van der Waals surface area contributed by atoms with Gasteiger partial charge in [0.15, 0.2) is 5.78 Å². The van der Waals surface area contributed by atoms with Crippen molar-refractivity contribution in [2.45, 2.75) is 47.5 Å². The van der Waals surface area contributed by atoms with E-state index in [1.54, 1.807) is 13.8 Å². The van der Waals surface area contributed by atoms with Gasteiger partial charge in [0.25, 0.3) is 0 Å². The molecule has 0 aliphatic heterocycles. The van der Waals surface area contributed by atoms with E-state index in [1.807, 2.05) is 6.08 Å². The second-order valence-corrected chi connectivity index (χ2v) is 6.64. The van der Waals surface area contributed by atoms with E-state index in [9.17, 15) is 9.59 Å². The summed E-state index contributed by atoms with van der Waals surface area (Å²) in [6.07, 6.45) is 3.86. The molecule has 0 heterocycles. The SMILES string of the molecule is CCOC(=O)[C@@H](C)/C=C1/C(=O)[C@]2(C)CC[C@@H]1C2(C)C. The van der Waals surface area contributed by atoms with Crippen LogP contribution in [0.2, 0.25) is 0 Å². The van der Waals surface area contributed by atoms with Gasteiger partial charge in [-0.1, -0.05) is 26.8 Å². The Labute approximate surface area is 115 Å². The van der Waals surface area contributed by atoms with E-state index in [1.165, 1.54) is 0 Å². The maximum atomic E-state index is 12.6. The molecule has 0 aromatic carbocycles. The van der Waals surface area contributed by atoms with Crippen LogP contribution in [0.15, 0.2) is 11.6 Å². The molecule has 0 aromatic heterocycles. The summed E-state index contributed by atoms with van der Waals surface area (Å²) in [7, 11) is 0. The summed E-state index contributed by atoms with van der Waals surface area (Å²) in [5.74, 6) is -0.0436. The van der Waals surface area contributed by atoms with Crippen LogP contribution in [-0.4, -0.2) is 18.4 Å². The number of ketones is 1. The molecule has 0 aromatic rings. The molecule has 0 amide bonds. The van der Waals surface area contributed by atoms with Crippen molar-refractivity contribution in [2.24, 2.45) is 22.7 Å². The first-order chi connectivity index (χ1) is 8.75. The first-order valence-electron chi connectivity index (χ1n) is 7.19. The van der Waals surface area contributed by atoms with Gasteiger partial charge in [0, 0.05) is 5.41 Å². The highest BCUT2D eigenvalue weighted by atomic mass is 16.5. The average molecular weight is 264 g/mol. The summed E-state index contributed by atoms with van der Waals surface area (Å²) >= 11 is 0. The number of rotatable bonds is 3. The monoisotopic (exact) mass is 264 g/mol. The number of carbonyl (C=O) groups excluding carboxylic acids is 2. The molecule has 2 fully saturated rings. The number of esters is 1. The fourth-order valence-corrected chi connectivity index (χ4v) is 3.73. The van der Waals surface area contributed by atoms with Gasteiger partial charge in [-0.3, -0.25) is 9.59 Å². The molecular weight excluding hydrogens is 240 g/mol. The Morgan fingerprint density at radius 2 is 2.11 bits per heavy atom. The van der Waals surface area contributed by atoms with Gasteiger partial charge in [0.05, 0.1) is 12.5 Å². The normalized spacial score (nSPS) is 35.7. The molecule has 19 heavy (non-hydrogen) atoms. The molecule has 2 saturated carbocycles. The second-order valence-electron chi connectivity index (χ2n) is 6.64. The summed E-state index contributed by atoms with van der Waals surface area (Å²) in [6, 6.07) is 0. The topological polar surface area (TPSA) is 43.4 Å². The van der Waals surface area contributed by atoms with Gasteiger partial charge in [-0.25, -0.2) is 0 Å². The summed E-state index contributed by atoms with van der Waals surface area (Å²) < 4.78 is 5.01. The number of ether oxygens (including phenoxy) is 1. The summed E-state index contributed by atoms with van der Waals surface area (Å²) in [5, 5.41) is 0. The van der Waals surface area contributed by atoms with Crippen LogP contribution in [0.5, 0.6) is 0 Å². The Hall–Kier alpha value is -1.12. The summed E-state index contributed by atoms with van der Waals surface area (Å²) in [5.41, 5.74) is 0.613. The Morgan fingerprint density at radius 1 is 1.47 bits per heavy atom. The van der Waals surface area contributed by atoms with Gasteiger partial charge in [-0.05, 0) is 43.6 Å². The Morgan fingerprint density at radius 3 is 2.58 bits per heavy atom. The van der Waals surface area contributed by atoms with E-state index < -0.39 is 0 Å². The minimum Gasteiger partial charge on any atom is -0.466 e. The third kappa shape index (κ3) is 1.86. The quantitative estimate of drug-likeness (QED) is 0.581. The van der Waals surface area contributed by atoms with Crippen molar-refractivity contribution < 1.29 is 14.3 Å². The first-order valence-corrected chi connectivity index (χ1v) is 7.19. The van der Waals surface area contributed by atoms with E-state index in [2.05, 4.69) is 20.8 Å². The molecule has 0 radical (unpaired) electrons. The molecule has 3 nitrogen and oxygen atoms in total. The Bertz CT molecular complexity index is 447. The molecule has 0 spiro atoms. The fourth-order valence-electron chi connectivity index (χ4n) is 3.73. The van der Waals surface area contributed by atoms with Crippen molar-refractivity contribution in [1.29, 1.82) is 0 Å². The number of fused-ring (bicyclic) bond motifs is 2. The van der Waals surface area contributed by atoms with Crippen LogP contribution in [0.1, 0.15) is 47.5 Å². The van der Waals surface area contributed by atoms with Crippen molar-refractivity contribution in [3.05, 3.63) is 11.6 Å². The van der Waals surface area contributed by atoms with Gasteiger partial charge in [0.1, 0.15) is 0 Å². The van der Waals surface area contributed by atoms with Gasteiger partial charge in [0.2, 0.25) is 0 Å². The standard InChI is InChI=1S/C16H24O3/c1-6-19-14(18)10(2)9-11-12-7-8-16(5,13(11)17)15(12,3)4/h9-10,12H,6-8H2,1-5H3/b11-9+/t10-,12-,16-/m0/s1. The highest BCUT2D eigenvalue weighted by Gasteiger charge is 2.63. The van der Waals surface area contributed by atoms with Crippen LogP contribution in [0.25, 0.3) is 0 Å². The summed E-state index contributed by atoms with van der Waals surface area (Å²) in [6.45, 7) is 10.4. The number of hydrogen-bond acceptors (Lipinski definition) is 3. The van der Waals surface area contributed by atoms with E-state index in [0.717, 1.165) is 18.4 Å². The zero-order chi connectivity index (χ0) is 14.4. The van der Waals surface area contributed by atoms with Crippen molar-refractivity contribution in [3.63, 3.8) is 0 Å². The predicted octanol–water partition coefficient (Wildman–Crippen LogP) is 3.14. The second kappa shape index (κ2) is 4.46. The van der Waals surface area contributed by atoms with Gasteiger partial charge < -0.3 is 4.74 Å². The molecule has 0 unspecified atom stereocenters. The van der Waals surface area contributed by atoms with Gasteiger partial charge in [-0.15, -0.1) is 0 Å². The molecular formula is C16H24O3. The highest BCUT2D eigenvalue weighted by Crippen LogP contribution is 2.65. The Kier molecular flexibility index (Phi) is 3.36. The molecule has 0 saturated heterocycles. The number of Topliss-reactive ketones (excluding diaryl/α,β-unsaturated/α-hetero) is 1. The molecule has 2 rings (SSSR count). The van der Waals surface area contributed by atoms with Crippen LogP contribution < -0.4 is 0 Å². The largest absolute Gasteiger partial charge is 0.466 e. The molecule has 2 aliphatic carbocycles. The molecule has 0 N–H and O–H groups in total. The lowest BCUT2D eigenvalue weighted by Gasteiger charge is -2.31. The molecule has 2 bridgehead atoms. The van der Waals surface area contributed by atoms with Crippen LogP contribution in [0, 0.1) is 22.7 Å². The molecule has 2 aliphatic rings. The van der Waals surface area contributed by atoms with Crippen LogP contribution >= 0.6 is 0 Å². The van der Waals surface area contributed by atoms with E-state index in [4.69, 9.17) is 4.74 Å². The lowest BCUT2D eigenvalue weighted by atomic mass is 9.70. The maximum absolute atomic E-state index is 12.6. The molecule has 3 atom stereocenters. The number of allylic oxidation sites excluding steroid dienone is 1. The minimum absolute atomic E-state index is 0.00426. The lowest BCUT2D eigenvalue weighted by molar-refractivity contribution is -0.145. The fraction of sp³-hybridized carbons (Fsp3) is 0.750. The van der Waals surface area contributed by atoms with Crippen molar-refractivity contribution in [2.75, 3.05) is 6.61 Å².